The van der Waals surface area contributed by atoms with Gasteiger partial charge in [-0.25, -0.2) is 4.39 Å². The van der Waals surface area contributed by atoms with E-state index in [0.717, 1.165) is 0 Å². The lowest BCUT2D eigenvalue weighted by Gasteiger charge is -2.25. The van der Waals surface area contributed by atoms with Gasteiger partial charge in [-0.15, -0.1) is 0 Å². The lowest BCUT2D eigenvalue weighted by Crippen LogP contribution is -2.29. The molecule has 1 rings (SSSR count). The minimum atomic E-state index is -0.988. The predicted octanol–water partition coefficient (Wildman–Crippen LogP) is 3.00. The molecule has 0 heterocycles. The molecule has 0 saturated heterocycles. The maximum absolute atomic E-state index is 13.2. The van der Waals surface area contributed by atoms with Gasteiger partial charge in [-0.1, -0.05) is 26.0 Å². The van der Waals surface area contributed by atoms with Gasteiger partial charge in [0.2, 0.25) is 0 Å². The molecule has 1 aromatic carbocycles. The molecule has 1 aromatic rings. The van der Waals surface area contributed by atoms with E-state index in [1.807, 2.05) is 13.8 Å². The minimum absolute atomic E-state index is 0.0700. The summed E-state index contributed by atoms with van der Waals surface area (Å²) in [7, 11) is 0. The summed E-state index contributed by atoms with van der Waals surface area (Å²) in [6.07, 6.45) is -0.988. The van der Waals surface area contributed by atoms with Crippen molar-refractivity contribution in [3.05, 3.63) is 35.1 Å². The highest BCUT2D eigenvalue weighted by atomic mass is 19.1. The maximum atomic E-state index is 13.2. The number of halogens is 1. The number of carbonyl (C=O) groups excluding carboxylic acids is 1. The zero-order chi connectivity index (χ0) is 14.6. The molecule has 0 aliphatic rings. The standard InChI is InChI=1S/C15H21FO3/c1-5-19-15(18)13(9(2)3)14(17)11-6-7-12(16)10(4)8-11/h6-9,13-14,17H,5H2,1-4H3. The Morgan fingerprint density at radius 2 is 2.05 bits per heavy atom. The first-order valence-corrected chi connectivity index (χ1v) is 6.49. The number of hydrogen-bond acceptors (Lipinski definition) is 3. The molecule has 0 aromatic heterocycles. The summed E-state index contributed by atoms with van der Waals surface area (Å²) in [5, 5.41) is 10.3. The van der Waals surface area contributed by atoms with Gasteiger partial charge in [0.15, 0.2) is 0 Å². The van der Waals surface area contributed by atoms with Crippen molar-refractivity contribution in [1.82, 2.24) is 0 Å². The molecule has 0 aliphatic carbocycles. The number of aliphatic hydroxyl groups is 1. The van der Waals surface area contributed by atoms with Crippen LogP contribution in [0, 0.1) is 24.6 Å². The molecule has 0 spiro atoms. The first-order valence-electron chi connectivity index (χ1n) is 6.49. The van der Waals surface area contributed by atoms with E-state index in [1.165, 1.54) is 12.1 Å². The van der Waals surface area contributed by atoms with Gasteiger partial charge in [0, 0.05) is 0 Å². The van der Waals surface area contributed by atoms with Crippen molar-refractivity contribution in [1.29, 1.82) is 0 Å². The van der Waals surface area contributed by atoms with Crippen LogP contribution in [-0.2, 0) is 9.53 Å². The summed E-state index contributed by atoms with van der Waals surface area (Å²) < 4.78 is 18.2. The fourth-order valence-corrected chi connectivity index (χ4v) is 2.06. The Morgan fingerprint density at radius 3 is 2.53 bits per heavy atom. The monoisotopic (exact) mass is 268 g/mol. The summed E-state index contributed by atoms with van der Waals surface area (Å²) in [5.41, 5.74) is 0.980. The molecule has 19 heavy (non-hydrogen) atoms. The van der Waals surface area contributed by atoms with E-state index >= 15 is 0 Å². The third kappa shape index (κ3) is 3.77. The van der Waals surface area contributed by atoms with Gasteiger partial charge in [-0.3, -0.25) is 4.79 Å². The van der Waals surface area contributed by atoms with Crippen LogP contribution in [0.1, 0.15) is 38.0 Å². The molecule has 106 valence electrons. The minimum Gasteiger partial charge on any atom is -0.466 e. The van der Waals surface area contributed by atoms with Gasteiger partial charge in [0.25, 0.3) is 0 Å². The number of benzene rings is 1. The molecule has 4 heteroatoms. The highest BCUT2D eigenvalue weighted by Crippen LogP contribution is 2.30. The smallest absolute Gasteiger partial charge is 0.312 e. The van der Waals surface area contributed by atoms with E-state index < -0.39 is 18.0 Å². The summed E-state index contributed by atoms with van der Waals surface area (Å²) in [6.45, 7) is 7.32. The largest absolute Gasteiger partial charge is 0.466 e. The molecule has 0 radical (unpaired) electrons. The van der Waals surface area contributed by atoms with Crippen molar-refractivity contribution in [3.8, 4) is 0 Å². The number of carbonyl (C=O) groups is 1. The van der Waals surface area contributed by atoms with Crippen LogP contribution < -0.4 is 0 Å². The van der Waals surface area contributed by atoms with Crippen LogP contribution in [0.15, 0.2) is 18.2 Å². The second kappa shape index (κ2) is 6.66. The number of aliphatic hydroxyl groups excluding tert-OH is 1. The summed E-state index contributed by atoms with van der Waals surface area (Å²) >= 11 is 0. The Kier molecular flexibility index (Phi) is 5.48. The van der Waals surface area contributed by atoms with Gasteiger partial charge in [0.1, 0.15) is 5.82 Å². The number of ether oxygens (including phenoxy) is 1. The van der Waals surface area contributed by atoms with Crippen molar-refractivity contribution in [3.63, 3.8) is 0 Å². The van der Waals surface area contributed by atoms with E-state index in [4.69, 9.17) is 4.74 Å². The quantitative estimate of drug-likeness (QED) is 0.835. The number of aryl methyl sites for hydroxylation is 1. The second-order valence-electron chi connectivity index (χ2n) is 4.98. The molecule has 3 nitrogen and oxygen atoms in total. The molecule has 2 unspecified atom stereocenters. The van der Waals surface area contributed by atoms with Gasteiger partial charge in [0.05, 0.1) is 18.6 Å². The van der Waals surface area contributed by atoms with E-state index in [9.17, 15) is 14.3 Å². The lowest BCUT2D eigenvalue weighted by molar-refractivity contribution is -0.154. The molecule has 2 atom stereocenters. The summed E-state index contributed by atoms with van der Waals surface area (Å²) in [6, 6.07) is 4.37. The average Bonchev–Trinajstić information content (AvgIpc) is 2.32. The first kappa shape index (κ1) is 15.6. The van der Waals surface area contributed by atoms with Gasteiger partial charge >= 0.3 is 5.97 Å². The Balaban J connectivity index is 3.01. The van der Waals surface area contributed by atoms with Crippen LogP contribution in [0.25, 0.3) is 0 Å². The zero-order valence-electron chi connectivity index (χ0n) is 11.8. The maximum Gasteiger partial charge on any atom is 0.312 e. The molecular weight excluding hydrogens is 247 g/mol. The van der Waals surface area contributed by atoms with Crippen molar-refractivity contribution < 1.29 is 19.0 Å². The van der Waals surface area contributed by atoms with Crippen molar-refractivity contribution >= 4 is 5.97 Å². The fraction of sp³-hybridized carbons (Fsp3) is 0.533. The van der Waals surface area contributed by atoms with Gasteiger partial charge in [-0.05, 0) is 37.0 Å². The number of rotatable bonds is 5. The molecule has 0 amide bonds. The molecule has 0 saturated carbocycles. The molecule has 1 N–H and O–H groups in total. The first-order chi connectivity index (χ1) is 8.88. The van der Waals surface area contributed by atoms with Crippen molar-refractivity contribution in [2.75, 3.05) is 6.61 Å². The Hall–Kier alpha value is -1.42. The van der Waals surface area contributed by atoms with Crippen molar-refractivity contribution in [2.24, 2.45) is 11.8 Å². The number of esters is 1. The third-order valence-corrected chi connectivity index (χ3v) is 3.14. The second-order valence-corrected chi connectivity index (χ2v) is 4.98. The third-order valence-electron chi connectivity index (χ3n) is 3.14. The van der Waals surface area contributed by atoms with Crippen molar-refractivity contribution in [2.45, 2.75) is 33.8 Å². The normalized spacial score (nSPS) is 14.3. The highest BCUT2D eigenvalue weighted by Gasteiger charge is 2.32. The van der Waals surface area contributed by atoms with E-state index in [1.54, 1.807) is 19.9 Å². The van der Waals surface area contributed by atoms with Gasteiger partial charge in [-0.2, -0.15) is 0 Å². The summed E-state index contributed by atoms with van der Waals surface area (Å²) in [4.78, 5) is 11.9. The molecule has 0 aliphatic heterocycles. The Bertz CT molecular complexity index is 443. The SMILES string of the molecule is CCOC(=O)C(C(C)C)C(O)c1ccc(F)c(C)c1. The van der Waals surface area contributed by atoms with Crippen LogP contribution >= 0.6 is 0 Å². The van der Waals surface area contributed by atoms with Crippen LogP contribution in [0.5, 0.6) is 0 Å². The Morgan fingerprint density at radius 1 is 1.42 bits per heavy atom. The summed E-state index contributed by atoms with van der Waals surface area (Å²) in [5.74, 6) is -1.47. The topological polar surface area (TPSA) is 46.5 Å². The average molecular weight is 268 g/mol. The highest BCUT2D eigenvalue weighted by molar-refractivity contribution is 5.73. The molecular formula is C15H21FO3. The van der Waals surface area contributed by atoms with Crippen LogP contribution in [0.3, 0.4) is 0 Å². The predicted molar refractivity (Wildman–Crippen MR) is 71.1 cm³/mol. The van der Waals surface area contributed by atoms with E-state index in [0.29, 0.717) is 11.1 Å². The number of hydrogen-bond donors (Lipinski definition) is 1. The van der Waals surface area contributed by atoms with Gasteiger partial charge < -0.3 is 9.84 Å². The van der Waals surface area contributed by atoms with E-state index in [2.05, 4.69) is 0 Å². The van der Waals surface area contributed by atoms with E-state index in [-0.39, 0.29) is 18.3 Å². The van der Waals surface area contributed by atoms with Crippen LogP contribution in [0.2, 0.25) is 0 Å². The Labute approximate surface area is 113 Å². The van der Waals surface area contributed by atoms with Crippen LogP contribution in [0.4, 0.5) is 4.39 Å². The fourth-order valence-electron chi connectivity index (χ4n) is 2.06. The van der Waals surface area contributed by atoms with Crippen LogP contribution in [-0.4, -0.2) is 17.7 Å². The lowest BCUT2D eigenvalue weighted by atomic mass is 9.86. The molecule has 0 bridgehead atoms. The molecule has 0 fully saturated rings. The zero-order valence-corrected chi connectivity index (χ0v) is 11.8.